The second-order valence-corrected chi connectivity index (χ2v) is 6.30. The molecule has 2 heterocycles. The maximum atomic E-state index is 9.52. The maximum Gasteiger partial charge on any atom is 0.0739 e. The number of aliphatic hydroxyl groups excluding tert-OH is 1. The second kappa shape index (κ2) is 5.48. The maximum absolute atomic E-state index is 9.52. The van der Waals surface area contributed by atoms with Gasteiger partial charge in [0.2, 0.25) is 0 Å². The van der Waals surface area contributed by atoms with E-state index in [1.807, 2.05) is 43.0 Å². The molecule has 21 heavy (non-hydrogen) atoms. The predicted molar refractivity (Wildman–Crippen MR) is 87.6 cm³/mol. The van der Waals surface area contributed by atoms with Crippen molar-refractivity contribution in [3.8, 4) is 0 Å². The second-order valence-electron chi connectivity index (χ2n) is 5.07. The monoisotopic (exact) mass is 367 g/mol. The van der Waals surface area contributed by atoms with Crippen molar-refractivity contribution in [2.75, 3.05) is 0 Å². The molecular formula is C15H15BrClN3O. The number of halogens is 2. The normalized spacial score (nSPS) is 11.5. The molecule has 6 heteroatoms. The van der Waals surface area contributed by atoms with Gasteiger partial charge < -0.3 is 9.67 Å². The van der Waals surface area contributed by atoms with Crippen molar-refractivity contribution in [2.45, 2.75) is 20.1 Å². The minimum absolute atomic E-state index is 0.0106. The average molecular weight is 369 g/mol. The summed E-state index contributed by atoms with van der Waals surface area (Å²) in [6.07, 6.45) is 1.97. The molecule has 0 fully saturated rings. The molecule has 1 N–H and O–H groups in total. The lowest BCUT2D eigenvalue weighted by atomic mass is 10.2. The van der Waals surface area contributed by atoms with Gasteiger partial charge in [-0.05, 0) is 35.0 Å². The summed E-state index contributed by atoms with van der Waals surface area (Å²) >= 11 is 9.70. The number of aliphatic hydroxyl groups is 1. The Hall–Kier alpha value is -1.30. The van der Waals surface area contributed by atoms with E-state index in [1.54, 1.807) is 0 Å². The van der Waals surface area contributed by atoms with Gasteiger partial charge >= 0.3 is 0 Å². The van der Waals surface area contributed by atoms with Crippen molar-refractivity contribution in [1.82, 2.24) is 14.3 Å². The van der Waals surface area contributed by atoms with Crippen LogP contribution in [0.25, 0.3) is 10.9 Å². The Morgan fingerprint density at radius 2 is 2.14 bits per heavy atom. The first kappa shape index (κ1) is 14.6. The first-order valence-electron chi connectivity index (χ1n) is 6.57. The molecule has 0 amide bonds. The van der Waals surface area contributed by atoms with Crippen LogP contribution in [0.4, 0.5) is 0 Å². The van der Waals surface area contributed by atoms with Crippen LogP contribution in [-0.4, -0.2) is 19.5 Å². The summed E-state index contributed by atoms with van der Waals surface area (Å²) in [6.45, 7) is 2.64. The lowest BCUT2D eigenvalue weighted by Gasteiger charge is -2.07. The van der Waals surface area contributed by atoms with Crippen LogP contribution >= 0.6 is 27.5 Å². The lowest BCUT2D eigenvalue weighted by Crippen LogP contribution is -2.05. The van der Waals surface area contributed by atoms with Crippen molar-refractivity contribution in [1.29, 1.82) is 0 Å². The molecule has 0 aliphatic rings. The highest BCUT2D eigenvalue weighted by molar-refractivity contribution is 9.10. The van der Waals surface area contributed by atoms with Gasteiger partial charge in [0.05, 0.1) is 34.5 Å². The largest absolute Gasteiger partial charge is 0.392 e. The number of nitrogens with zero attached hydrogens (tertiary/aromatic N) is 3. The van der Waals surface area contributed by atoms with Gasteiger partial charge in [-0.15, -0.1) is 0 Å². The molecule has 0 bridgehead atoms. The van der Waals surface area contributed by atoms with Gasteiger partial charge in [0, 0.05) is 29.2 Å². The van der Waals surface area contributed by atoms with Crippen LogP contribution in [0.1, 0.15) is 17.0 Å². The Morgan fingerprint density at radius 3 is 2.76 bits per heavy atom. The van der Waals surface area contributed by atoms with Gasteiger partial charge in [0.1, 0.15) is 0 Å². The summed E-state index contributed by atoms with van der Waals surface area (Å²) < 4.78 is 4.97. The summed E-state index contributed by atoms with van der Waals surface area (Å²) in [4.78, 5) is 0. The third-order valence-corrected chi connectivity index (χ3v) is 4.95. The highest BCUT2D eigenvalue weighted by atomic mass is 79.9. The summed E-state index contributed by atoms with van der Waals surface area (Å²) in [7, 11) is 1.93. The van der Waals surface area contributed by atoms with E-state index in [9.17, 15) is 5.11 Å². The number of benzene rings is 1. The van der Waals surface area contributed by atoms with Crippen molar-refractivity contribution in [2.24, 2.45) is 7.05 Å². The number of hydrogen-bond acceptors (Lipinski definition) is 2. The number of fused-ring (bicyclic) bond motifs is 1. The summed E-state index contributed by atoms with van der Waals surface area (Å²) in [6, 6.07) is 5.72. The van der Waals surface area contributed by atoms with Crippen molar-refractivity contribution in [3.05, 3.63) is 50.8 Å². The smallest absolute Gasteiger partial charge is 0.0739 e. The third-order valence-electron chi connectivity index (χ3n) is 3.68. The number of aromatic nitrogens is 3. The highest BCUT2D eigenvalue weighted by Crippen LogP contribution is 2.28. The van der Waals surface area contributed by atoms with E-state index < -0.39 is 0 Å². The van der Waals surface area contributed by atoms with Gasteiger partial charge in [-0.3, -0.25) is 4.68 Å². The number of aryl methyl sites for hydroxylation is 2. The van der Waals surface area contributed by atoms with Gasteiger partial charge in [-0.2, -0.15) is 5.10 Å². The minimum Gasteiger partial charge on any atom is -0.392 e. The number of rotatable bonds is 3. The topological polar surface area (TPSA) is 43.0 Å². The SMILES string of the molecule is Cc1nn(C)c(Cn2cc(CO)c3ccc(Cl)cc32)c1Br. The fraction of sp³-hybridized carbons (Fsp3) is 0.267. The quantitative estimate of drug-likeness (QED) is 0.767. The van der Waals surface area contributed by atoms with Crippen LogP contribution in [0.15, 0.2) is 28.9 Å². The van der Waals surface area contributed by atoms with Crippen LogP contribution in [-0.2, 0) is 20.2 Å². The molecule has 0 saturated carbocycles. The van der Waals surface area contributed by atoms with Crippen molar-refractivity contribution in [3.63, 3.8) is 0 Å². The van der Waals surface area contributed by atoms with Crippen LogP contribution in [0, 0.1) is 6.92 Å². The molecule has 0 radical (unpaired) electrons. The van der Waals surface area contributed by atoms with E-state index in [0.29, 0.717) is 11.6 Å². The molecule has 3 aromatic rings. The molecule has 1 aromatic carbocycles. The Balaban J connectivity index is 2.14. The van der Waals surface area contributed by atoms with Gasteiger partial charge in [0.25, 0.3) is 0 Å². The molecule has 3 rings (SSSR count). The molecule has 4 nitrogen and oxygen atoms in total. The lowest BCUT2D eigenvalue weighted by molar-refractivity contribution is 0.283. The number of hydrogen-bond donors (Lipinski definition) is 1. The first-order valence-corrected chi connectivity index (χ1v) is 7.74. The van der Waals surface area contributed by atoms with E-state index in [1.165, 1.54) is 0 Å². The van der Waals surface area contributed by atoms with Crippen molar-refractivity contribution < 1.29 is 5.11 Å². The Morgan fingerprint density at radius 1 is 1.38 bits per heavy atom. The van der Waals surface area contributed by atoms with E-state index >= 15 is 0 Å². The Labute approximate surface area is 136 Å². The standard InChI is InChI=1S/C15H15BrClN3O/c1-9-15(16)14(19(2)18-9)7-20-6-10(8-21)12-4-3-11(17)5-13(12)20/h3-6,21H,7-8H2,1-2H3. The van der Waals surface area contributed by atoms with Gasteiger partial charge in [-0.1, -0.05) is 17.7 Å². The van der Waals surface area contributed by atoms with E-state index in [0.717, 1.165) is 32.3 Å². The van der Waals surface area contributed by atoms with Crippen LogP contribution in [0.3, 0.4) is 0 Å². The molecule has 0 saturated heterocycles. The molecule has 110 valence electrons. The molecule has 2 aromatic heterocycles. The fourth-order valence-electron chi connectivity index (χ4n) is 2.61. The van der Waals surface area contributed by atoms with Gasteiger partial charge in [-0.25, -0.2) is 0 Å². The van der Waals surface area contributed by atoms with E-state index in [4.69, 9.17) is 11.6 Å². The van der Waals surface area contributed by atoms with Crippen LogP contribution in [0.2, 0.25) is 5.02 Å². The zero-order chi connectivity index (χ0) is 15.1. The molecule has 0 aliphatic carbocycles. The zero-order valence-electron chi connectivity index (χ0n) is 11.8. The first-order chi connectivity index (χ1) is 10.0. The van der Waals surface area contributed by atoms with Crippen LogP contribution in [0.5, 0.6) is 0 Å². The molecule has 0 spiro atoms. The van der Waals surface area contributed by atoms with Gasteiger partial charge in [0.15, 0.2) is 0 Å². The molecule has 0 aliphatic heterocycles. The average Bonchev–Trinajstić information content (AvgIpc) is 2.91. The minimum atomic E-state index is 0.0106. The molecular weight excluding hydrogens is 354 g/mol. The van der Waals surface area contributed by atoms with Crippen LogP contribution < -0.4 is 0 Å². The van der Waals surface area contributed by atoms with E-state index in [2.05, 4.69) is 25.6 Å². The highest BCUT2D eigenvalue weighted by Gasteiger charge is 2.14. The third kappa shape index (κ3) is 2.50. The summed E-state index contributed by atoms with van der Waals surface area (Å²) in [5.74, 6) is 0. The molecule has 0 atom stereocenters. The fourth-order valence-corrected chi connectivity index (χ4v) is 3.24. The summed E-state index contributed by atoms with van der Waals surface area (Å²) in [5.41, 5.74) is 3.95. The Kier molecular flexibility index (Phi) is 3.82. The zero-order valence-corrected chi connectivity index (χ0v) is 14.1. The Bertz CT molecular complexity index is 822. The van der Waals surface area contributed by atoms with E-state index in [-0.39, 0.29) is 6.61 Å². The molecule has 0 unspecified atom stereocenters. The van der Waals surface area contributed by atoms with Crippen molar-refractivity contribution >= 4 is 38.4 Å². The summed E-state index contributed by atoms with van der Waals surface area (Å²) in [5, 5.41) is 15.6. The predicted octanol–water partition coefficient (Wildman–Crippen LogP) is 3.64.